The lowest BCUT2D eigenvalue weighted by atomic mass is 10.2. The van der Waals surface area contributed by atoms with Gasteiger partial charge in [0.05, 0.1) is 0 Å². The molecule has 0 radical (unpaired) electrons. The summed E-state index contributed by atoms with van der Waals surface area (Å²) in [6.07, 6.45) is 4.89. The summed E-state index contributed by atoms with van der Waals surface area (Å²) in [7, 11) is 1.90. The molecule has 0 saturated carbocycles. The Hall–Kier alpha value is -1.51. The van der Waals surface area contributed by atoms with Gasteiger partial charge in [0.25, 0.3) is 0 Å². The molecule has 0 spiro atoms. The third-order valence-corrected chi connectivity index (χ3v) is 1.77. The quantitative estimate of drug-likeness (QED) is 0.737. The van der Waals surface area contributed by atoms with E-state index in [1.54, 1.807) is 12.3 Å². The van der Waals surface area contributed by atoms with Gasteiger partial charge in [0, 0.05) is 24.5 Å². The van der Waals surface area contributed by atoms with E-state index in [1.165, 1.54) is 0 Å². The van der Waals surface area contributed by atoms with Gasteiger partial charge in [-0.15, -0.1) is 0 Å². The molecule has 3 N–H and O–H groups in total. The Morgan fingerprint density at radius 3 is 2.85 bits per heavy atom. The maximum Gasteiger partial charge on any atom is 0.123 e. The van der Waals surface area contributed by atoms with E-state index in [4.69, 9.17) is 5.73 Å². The first-order chi connectivity index (χ1) is 6.27. The SMILES string of the molecule is CC/C=C(\NC)c1ccc(N)nc1. The normalized spacial score (nSPS) is 11.4. The van der Waals surface area contributed by atoms with E-state index in [0.29, 0.717) is 5.82 Å². The monoisotopic (exact) mass is 177 g/mol. The van der Waals surface area contributed by atoms with Crippen molar-refractivity contribution >= 4 is 11.5 Å². The van der Waals surface area contributed by atoms with Crippen molar-refractivity contribution in [3.8, 4) is 0 Å². The van der Waals surface area contributed by atoms with E-state index < -0.39 is 0 Å². The molecule has 13 heavy (non-hydrogen) atoms. The summed E-state index contributed by atoms with van der Waals surface area (Å²) in [4.78, 5) is 4.03. The standard InChI is InChI=1S/C10H15N3/c1-3-4-9(12-2)8-5-6-10(11)13-7-8/h4-7,12H,3H2,1-2H3,(H2,11,13)/b9-4-. The van der Waals surface area contributed by atoms with Crippen LogP contribution in [0.3, 0.4) is 0 Å². The average molecular weight is 177 g/mol. The molecule has 1 rings (SSSR count). The summed E-state index contributed by atoms with van der Waals surface area (Å²) in [5.41, 5.74) is 7.65. The molecule has 3 heteroatoms. The number of nitrogens with two attached hydrogens (primary N) is 1. The minimum atomic E-state index is 0.552. The maximum atomic E-state index is 5.49. The molecule has 0 atom stereocenters. The fraction of sp³-hybridized carbons (Fsp3) is 0.300. The van der Waals surface area contributed by atoms with Gasteiger partial charge in [0.1, 0.15) is 5.82 Å². The fourth-order valence-corrected chi connectivity index (χ4v) is 1.13. The van der Waals surface area contributed by atoms with Crippen molar-refractivity contribution in [2.24, 2.45) is 0 Å². The van der Waals surface area contributed by atoms with Crippen LogP contribution in [0.5, 0.6) is 0 Å². The highest BCUT2D eigenvalue weighted by molar-refractivity contribution is 5.63. The number of aromatic nitrogens is 1. The Morgan fingerprint density at radius 2 is 2.38 bits per heavy atom. The van der Waals surface area contributed by atoms with Gasteiger partial charge in [-0.25, -0.2) is 4.98 Å². The average Bonchev–Trinajstić information content (AvgIpc) is 2.16. The maximum absolute atomic E-state index is 5.49. The van der Waals surface area contributed by atoms with Crippen molar-refractivity contribution in [1.29, 1.82) is 0 Å². The molecule has 3 nitrogen and oxygen atoms in total. The number of rotatable bonds is 3. The first-order valence-electron chi connectivity index (χ1n) is 4.37. The molecule has 1 aromatic heterocycles. The van der Waals surface area contributed by atoms with Gasteiger partial charge in [-0.3, -0.25) is 0 Å². The highest BCUT2D eigenvalue weighted by Gasteiger charge is 1.97. The van der Waals surface area contributed by atoms with Crippen molar-refractivity contribution in [2.75, 3.05) is 12.8 Å². The van der Waals surface area contributed by atoms with Crippen molar-refractivity contribution in [3.63, 3.8) is 0 Å². The highest BCUT2D eigenvalue weighted by Crippen LogP contribution is 2.11. The van der Waals surface area contributed by atoms with Crippen molar-refractivity contribution < 1.29 is 0 Å². The second-order valence-corrected chi connectivity index (χ2v) is 2.75. The summed E-state index contributed by atoms with van der Waals surface area (Å²) in [6.45, 7) is 2.10. The Kier molecular flexibility index (Phi) is 3.31. The van der Waals surface area contributed by atoms with Crippen LogP contribution >= 0.6 is 0 Å². The number of pyridine rings is 1. The van der Waals surface area contributed by atoms with Gasteiger partial charge in [0.15, 0.2) is 0 Å². The Bertz CT molecular complexity index is 288. The topological polar surface area (TPSA) is 50.9 Å². The van der Waals surface area contributed by atoms with Crippen LogP contribution in [-0.2, 0) is 0 Å². The van der Waals surface area contributed by atoms with Gasteiger partial charge in [-0.1, -0.05) is 13.0 Å². The molecular formula is C10H15N3. The Morgan fingerprint density at radius 1 is 1.62 bits per heavy atom. The summed E-state index contributed by atoms with van der Waals surface area (Å²) in [5.74, 6) is 0.552. The fourth-order valence-electron chi connectivity index (χ4n) is 1.13. The number of anilines is 1. The number of nitrogens with zero attached hydrogens (tertiary/aromatic N) is 1. The summed E-state index contributed by atoms with van der Waals surface area (Å²) in [6, 6.07) is 3.76. The van der Waals surface area contributed by atoms with Crippen LogP contribution in [0.4, 0.5) is 5.82 Å². The molecule has 0 aliphatic heterocycles. The zero-order chi connectivity index (χ0) is 9.68. The second kappa shape index (κ2) is 4.50. The van der Waals surface area contributed by atoms with Gasteiger partial charge in [-0.2, -0.15) is 0 Å². The van der Waals surface area contributed by atoms with Crippen molar-refractivity contribution in [2.45, 2.75) is 13.3 Å². The van der Waals surface area contributed by atoms with Crippen LogP contribution in [0.2, 0.25) is 0 Å². The molecule has 0 amide bonds. The molecule has 0 unspecified atom stereocenters. The molecule has 0 aliphatic rings. The van der Waals surface area contributed by atoms with E-state index >= 15 is 0 Å². The van der Waals surface area contributed by atoms with Crippen LogP contribution in [0.1, 0.15) is 18.9 Å². The van der Waals surface area contributed by atoms with Crippen molar-refractivity contribution in [1.82, 2.24) is 10.3 Å². The minimum absolute atomic E-state index is 0.552. The van der Waals surface area contributed by atoms with E-state index in [2.05, 4.69) is 23.3 Å². The molecular weight excluding hydrogens is 162 g/mol. The third kappa shape index (κ3) is 2.47. The van der Waals surface area contributed by atoms with Gasteiger partial charge in [0.2, 0.25) is 0 Å². The molecule has 0 fully saturated rings. The van der Waals surface area contributed by atoms with Crippen LogP contribution in [0, 0.1) is 0 Å². The molecule has 0 saturated heterocycles. The minimum Gasteiger partial charge on any atom is -0.388 e. The molecule has 1 heterocycles. The van der Waals surface area contributed by atoms with Crippen LogP contribution in [-0.4, -0.2) is 12.0 Å². The third-order valence-electron chi connectivity index (χ3n) is 1.77. The smallest absolute Gasteiger partial charge is 0.123 e. The largest absolute Gasteiger partial charge is 0.388 e. The number of hydrogen-bond donors (Lipinski definition) is 2. The summed E-state index contributed by atoms with van der Waals surface area (Å²) in [5, 5.41) is 3.12. The number of allylic oxidation sites excluding steroid dienone is 1. The molecule has 0 aliphatic carbocycles. The van der Waals surface area contributed by atoms with Crippen molar-refractivity contribution in [3.05, 3.63) is 30.0 Å². The lowest BCUT2D eigenvalue weighted by Gasteiger charge is -2.06. The van der Waals surface area contributed by atoms with Crippen LogP contribution < -0.4 is 11.1 Å². The van der Waals surface area contributed by atoms with Gasteiger partial charge < -0.3 is 11.1 Å². The Balaban J connectivity index is 2.92. The lowest BCUT2D eigenvalue weighted by Crippen LogP contribution is -2.05. The van der Waals surface area contributed by atoms with E-state index in [-0.39, 0.29) is 0 Å². The van der Waals surface area contributed by atoms with Crippen LogP contribution in [0.25, 0.3) is 5.70 Å². The lowest BCUT2D eigenvalue weighted by molar-refractivity contribution is 1.09. The number of hydrogen-bond acceptors (Lipinski definition) is 3. The predicted octanol–water partition coefficient (Wildman–Crippen LogP) is 1.63. The number of nitrogen functional groups attached to an aromatic ring is 1. The summed E-state index contributed by atoms with van der Waals surface area (Å²) >= 11 is 0. The van der Waals surface area contributed by atoms with E-state index in [0.717, 1.165) is 17.7 Å². The predicted molar refractivity (Wildman–Crippen MR) is 56.0 cm³/mol. The molecule has 0 aromatic carbocycles. The van der Waals surface area contributed by atoms with Gasteiger partial charge in [-0.05, 0) is 18.6 Å². The second-order valence-electron chi connectivity index (χ2n) is 2.75. The zero-order valence-electron chi connectivity index (χ0n) is 8.04. The molecule has 1 aromatic rings. The molecule has 0 bridgehead atoms. The first-order valence-corrected chi connectivity index (χ1v) is 4.37. The first kappa shape index (κ1) is 9.58. The van der Waals surface area contributed by atoms with Gasteiger partial charge >= 0.3 is 0 Å². The zero-order valence-corrected chi connectivity index (χ0v) is 8.04. The summed E-state index contributed by atoms with van der Waals surface area (Å²) < 4.78 is 0. The number of nitrogens with one attached hydrogen (secondary N) is 1. The highest BCUT2D eigenvalue weighted by atomic mass is 14.9. The van der Waals surface area contributed by atoms with E-state index in [1.807, 2.05) is 13.1 Å². The Labute approximate surface area is 78.7 Å². The molecule has 70 valence electrons. The van der Waals surface area contributed by atoms with Crippen LogP contribution in [0.15, 0.2) is 24.4 Å². The van der Waals surface area contributed by atoms with E-state index in [9.17, 15) is 0 Å².